The molecule has 10 heteroatoms. The first-order valence-electron chi connectivity index (χ1n) is 10.4. The van der Waals surface area contributed by atoms with Crippen LogP contribution in [0.1, 0.15) is 58.7 Å². The molecular formula is C23H26N4O5S. The van der Waals surface area contributed by atoms with Gasteiger partial charge in [-0.2, -0.15) is 0 Å². The van der Waals surface area contributed by atoms with Gasteiger partial charge < -0.3 is 14.9 Å². The van der Waals surface area contributed by atoms with E-state index in [9.17, 15) is 14.4 Å². The number of thioether (sulfide) groups is 1. The minimum Gasteiger partial charge on any atom is -0.462 e. The molecule has 0 aliphatic rings. The van der Waals surface area contributed by atoms with Crippen molar-refractivity contribution in [2.45, 2.75) is 38.8 Å². The number of benzene rings is 1. The van der Waals surface area contributed by atoms with E-state index in [0.29, 0.717) is 11.1 Å². The second-order valence-electron chi connectivity index (χ2n) is 7.45. The number of carbonyl (C=O) groups is 3. The van der Waals surface area contributed by atoms with E-state index in [-0.39, 0.29) is 35.1 Å². The van der Waals surface area contributed by atoms with Gasteiger partial charge in [-0.3, -0.25) is 19.5 Å². The van der Waals surface area contributed by atoms with Gasteiger partial charge in [-0.05, 0) is 31.4 Å². The Morgan fingerprint density at radius 1 is 1.24 bits per heavy atom. The van der Waals surface area contributed by atoms with Crippen LogP contribution >= 0.6 is 11.8 Å². The minimum atomic E-state index is -0.904. The normalized spacial score (nSPS) is 10.9. The molecule has 0 unspecified atom stereocenters. The lowest BCUT2D eigenvalue weighted by atomic mass is 10.0. The highest BCUT2D eigenvalue weighted by molar-refractivity contribution is 7.99. The van der Waals surface area contributed by atoms with Gasteiger partial charge in [-0.1, -0.05) is 43.8 Å². The number of para-hydroxylation sites is 1. The Hall–Kier alpha value is -3.53. The van der Waals surface area contributed by atoms with Crippen LogP contribution in [0.15, 0.2) is 46.2 Å². The van der Waals surface area contributed by atoms with E-state index < -0.39 is 17.8 Å². The second kappa shape index (κ2) is 10.4. The van der Waals surface area contributed by atoms with Gasteiger partial charge in [0.05, 0.1) is 18.0 Å². The fraction of sp³-hybridized carbons (Fsp3) is 0.304. The summed E-state index contributed by atoms with van der Waals surface area (Å²) < 4.78 is 12.3. The quantitative estimate of drug-likeness (QED) is 0.358. The van der Waals surface area contributed by atoms with Crippen molar-refractivity contribution in [2.24, 2.45) is 5.73 Å². The highest BCUT2D eigenvalue weighted by Crippen LogP contribution is 2.29. The van der Waals surface area contributed by atoms with E-state index in [1.165, 1.54) is 18.7 Å². The number of carbonyl (C=O) groups excluding carboxylic acids is 3. The number of nitrogens with two attached hydrogens (primary N) is 1. The Morgan fingerprint density at radius 3 is 2.64 bits per heavy atom. The van der Waals surface area contributed by atoms with Gasteiger partial charge in [-0.15, -0.1) is 0 Å². The first-order chi connectivity index (χ1) is 15.7. The number of hydrogen-bond donors (Lipinski definition) is 2. The summed E-state index contributed by atoms with van der Waals surface area (Å²) >= 11 is 1.23. The third-order valence-electron chi connectivity index (χ3n) is 4.82. The Morgan fingerprint density at radius 2 is 1.97 bits per heavy atom. The van der Waals surface area contributed by atoms with E-state index in [2.05, 4.69) is 30.2 Å². The first kappa shape index (κ1) is 24.1. The molecule has 0 aliphatic heterocycles. The topological polar surface area (TPSA) is 129 Å². The first-order valence-corrected chi connectivity index (χ1v) is 11.4. The number of rotatable bonds is 9. The van der Waals surface area contributed by atoms with Crippen molar-refractivity contribution in [3.05, 3.63) is 59.1 Å². The smallest absolute Gasteiger partial charge is 0.342 e. The highest BCUT2D eigenvalue weighted by atomic mass is 32.2. The zero-order chi connectivity index (χ0) is 24.1. The number of nitrogens with zero attached hydrogens (tertiary/aromatic N) is 2. The molecule has 0 spiro atoms. The average molecular weight is 471 g/mol. The molecule has 0 radical (unpaired) electrons. The maximum atomic E-state index is 12.6. The largest absolute Gasteiger partial charge is 0.462 e. The lowest BCUT2D eigenvalue weighted by Gasteiger charge is -2.15. The summed E-state index contributed by atoms with van der Waals surface area (Å²) in [7, 11) is 0. The van der Waals surface area contributed by atoms with Gasteiger partial charge in [0.25, 0.3) is 5.91 Å². The van der Waals surface area contributed by atoms with Gasteiger partial charge >= 0.3 is 5.97 Å². The Labute approximate surface area is 195 Å². The number of aromatic nitrogens is 2. The third kappa shape index (κ3) is 5.28. The number of anilines is 1. The fourth-order valence-electron chi connectivity index (χ4n) is 3.38. The van der Waals surface area contributed by atoms with Crippen LogP contribution < -0.4 is 11.1 Å². The van der Waals surface area contributed by atoms with Crippen molar-refractivity contribution in [2.75, 3.05) is 17.7 Å². The number of furan rings is 1. The Balaban J connectivity index is 1.77. The lowest BCUT2D eigenvalue weighted by Crippen LogP contribution is -2.21. The molecule has 3 N–H and O–H groups in total. The number of amides is 2. The van der Waals surface area contributed by atoms with E-state index in [1.807, 2.05) is 29.0 Å². The summed E-state index contributed by atoms with van der Waals surface area (Å²) in [6, 6.07) is 8.01. The molecule has 2 aromatic heterocycles. The standard InChI is InChI=1S/C23H26N4O5S/c1-5-31-22(30)18-14(4)32-21(19(18)20(24)29)26-17(28)12-33-23-25-10-11-27(23)16-9-7-6-8-15(16)13(2)3/h6-11,13H,5,12H2,1-4H3,(H2,24,29)(H,26,28). The SMILES string of the molecule is CCOC(=O)c1c(C)oc(NC(=O)CSc2nccn2-c2ccccc2C(C)C)c1C(N)=O. The molecule has 3 rings (SSSR count). The Bertz CT molecular complexity index is 1180. The number of hydrogen-bond acceptors (Lipinski definition) is 7. The molecule has 0 bridgehead atoms. The van der Waals surface area contributed by atoms with Crippen LogP contribution in [0.2, 0.25) is 0 Å². The van der Waals surface area contributed by atoms with Crippen LogP contribution in [0.4, 0.5) is 5.88 Å². The van der Waals surface area contributed by atoms with Crippen LogP contribution in [0.25, 0.3) is 5.69 Å². The van der Waals surface area contributed by atoms with Gasteiger partial charge in [0, 0.05) is 12.4 Å². The molecule has 2 amide bonds. The van der Waals surface area contributed by atoms with Crippen LogP contribution in [0, 0.1) is 6.92 Å². The molecule has 0 saturated carbocycles. The third-order valence-corrected chi connectivity index (χ3v) is 5.79. The monoisotopic (exact) mass is 470 g/mol. The van der Waals surface area contributed by atoms with Crippen molar-refractivity contribution in [1.82, 2.24) is 9.55 Å². The summed E-state index contributed by atoms with van der Waals surface area (Å²) in [5, 5.41) is 3.16. The molecule has 3 aromatic rings. The number of nitrogens with one attached hydrogen (secondary N) is 1. The molecule has 2 heterocycles. The van der Waals surface area contributed by atoms with Crippen molar-refractivity contribution in [1.29, 1.82) is 0 Å². The molecule has 1 aromatic carbocycles. The van der Waals surface area contributed by atoms with Gasteiger partial charge in [-0.25, -0.2) is 9.78 Å². The van der Waals surface area contributed by atoms with Crippen LogP contribution in [0.3, 0.4) is 0 Å². The van der Waals surface area contributed by atoms with Crippen LogP contribution in [-0.2, 0) is 9.53 Å². The zero-order valence-corrected chi connectivity index (χ0v) is 19.7. The molecule has 0 aliphatic carbocycles. The number of ether oxygens (including phenoxy) is 1. The maximum Gasteiger partial charge on any atom is 0.342 e. The minimum absolute atomic E-state index is 0.00640. The molecule has 0 saturated heterocycles. The predicted molar refractivity (Wildman–Crippen MR) is 125 cm³/mol. The van der Waals surface area contributed by atoms with Gasteiger partial charge in [0.15, 0.2) is 5.16 Å². The molecule has 9 nitrogen and oxygen atoms in total. The van der Waals surface area contributed by atoms with Gasteiger partial charge in [0.1, 0.15) is 16.9 Å². The fourth-order valence-corrected chi connectivity index (χ4v) is 4.15. The summed E-state index contributed by atoms with van der Waals surface area (Å²) in [6.45, 7) is 7.48. The summed E-state index contributed by atoms with van der Waals surface area (Å²) in [5.41, 5.74) is 7.28. The lowest BCUT2D eigenvalue weighted by molar-refractivity contribution is -0.113. The highest BCUT2D eigenvalue weighted by Gasteiger charge is 2.29. The predicted octanol–water partition coefficient (Wildman–Crippen LogP) is 3.90. The summed E-state index contributed by atoms with van der Waals surface area (Å²) in [5.74, 6) is -1.83. The maximum absolute atomic E-state index is 12.6. The van der Waals surface area contributed by atoms with E-state index >= 15 is 0 Å². The molecule has 0 atom stereocenters. The van der Waals surface area contributed by atoms with E-state index in [0.717, 1.165) is 11.3 Å². The van der Waals surface area contributed by atoms with Crippen molar-refractivity contribution < 1.29 is 23.5 Å². The van der Waals surface area contributed by atoms with Gasteiger partial charge in [0.2, 0.25) is 11.8 Å². The number of esters is 1. The molecule has 33 heavy (non-hydrogen) atoms. The van der Waals surface area contributed by atoms with Crippen LogP contribution in [-0.4, -0.2) is 39.7 Å². The van der Waals surface area contributed by atoms with Crippen molar-refractivity contribution in [3.8, 4) is 5.69 Å². The molecule has 174 valence electrons. The summed E-state index contributed by atoms with van der Waals surface area (Å²) in [6.07, 6.45) is 3.51. The summed E-state index contributed by atoms with van der Waals surface area (Å²) in [4.78, 5) is 41.2. The number of primary amides is 1. The van der Waals surface area contributed by atoms with E-state index in [1.54, 1.807) is 13.1 Å². The van der Waals surface area contributed by atoms with Crippen molar-refractivity contribution >= 4 is 35.4 Å². The van der Waals surface area contributed by atoms with Crippen LogP contribution in [0.5, 0.6) is 0 Å². The zero-order valence-electron chi connectivity index (χ0n) is 18.9. The number of aryl methyl sites for hydroxylation is 1. The number of imidazole rings is 1. The average Bonchev–Trinajstić information content (AvgIpc) is 3.36. The second-order valence-corrected chi connectivity index (χ2v) is 8.39. The van der Waals surface area contributed by atoms with Crippen molar-refractivity contribution in [3.63, 3.8) is 0 Å². The van der Waals surface area contributed by atoms with E-state index in [4.69, 9.17) is 14.9 Å². The molecular weight excluding hydrogens is 444 g/mol. The Kier molecular flexibility index (Phi) is 7.59. The molecule has 0 fully saturated rings.